The Balaban J connectivity index is 1.42. The summed E-state index contributed by atoms with van der Waals surface area (Å²) in [6.07, 6.45) is 6.96. The van der Waals surface area contributed by atoms with Gasteiger partial charge in [0, 0.05) is 48.0 Å². The molecule has 3 nitrogen and oxygen atoms in total. The van der Waals surface area contributed by atoms with Crippen LogP contribution in [0.3, 0.4) is 0 Å². The zero-order chi connectivity index (χ0) is 21.1. The second-order valence-corrected chi connectivity index (χ2v) is 9.76. The summed E-state index contributed by atoms with van der Waals surface area (Å²) in [6, 6.07) is 12.7. The van der Waals surface area contributed by atoms with Gasteiger partial charge in [0.25, 0.3) is 0 Å². The third-order valence-electron chi connectivity index (χ3n) is 6.52. The van der Waals surface area contributed by atoms with Gasteiger partial charge in [-0.25, -0.2) is 0 Å². The molecule has 1 aliphatic heterocycles. The number of piperazine rings is 1. The van der Waals surface area contributed by atoms with Crippen LogP contribution in [-0.2, 0) is 0 Å². The molecule has 6 heteroatoms. The average Bonchev–Trinajstić information content (AvgIpc) is 2.76. The molecular weight excluding hydrogens is 437 g/mol. The second kappa shape index (κ2) is 9.99. The van der Waals surface area contributed by atoms with E-state index in [9.17, 15) is 0 Å². The van der Waals surface area contributed by atoms with E-state index in [0.29, 0.717) is 10.0 Å². The van der Waals surface area contributed by atoms with E-state index in [4.69, 9.17) is 34.8 Å². The molecule has 1 N–H and O–H groups in total. The Labute approximate surface area is 195 Å². The fourth-order valence-electron chi connectivity index (χ4n) is 4.78. The summed E-state index contributed by atoms with van der Waals surface area (Å²) in [4.78, 5) is 5.18. The average molecular weight is 467 g/mol. The molecule has 2 aromatic carbocycles. The number of nitrogens with zero attached hydrogens (tertiary/aromatic N) is 2. The minimum Gasteiger partial charge on any atom is -0.377 e. The van der Waals surface area contributed by atoms with Gasteiger partial charge >= 0.3 is 0 Å². The van der Waals surface area contributed by atoms with Crippen LogP contribution >= 0.6 is 34.8 Å². The summed E-state index contributed by atoms with van der Waals surface area (Å²) < 4.78 is 0. The van der Waals surface area contributed by atoms with Crippen molar-refractivity contribution in [2.24, 2.45) is 0 Å². The summed E-state index contributed by atoms with van der Waals surface area (Å²) >= 11 is 18.9. The topological polar surface area (TPSA) is 18.5 Å². The molecule has 0 bridgehead atoms. The zero-order valence-corrected chi connectivity index (χ0v) is 19.8. The van der Waals surface area contributed by atoms with Crippen molar-refractivity contribution in [2.45, 2.75) is 51.1 Å². The van der Waals surface area contributed by atoms with Gasteiger partial charge in [-0.1, -0.05) is 60.1 Å². The number of halogens is 3. The van der Waals surface area contributed by atoms with E-state index < -0.39 is 0 Å². The maximum atomic E-state index is 6.51. The Morgan fingerprint density at radius 2 is 1.60 bits per heavy atom. The van der Waals surface area contributed by atoms with Crippen LogP contribution in [0.5, 0.6) is 0 Å². The van der Waals surface area contributed by atoms with Crippen molar-refractivity contribution in [2.75, 3.05) is 36.4 Å². The van der Waals surface area contributed by atoms with Crippen LogP contribution in [-0.4, -0.2) is 37.1 Å². The van der Waals surface area contributed by atoms with Gasteiger partial charge < -0.3 is 10.2 Å². The molecule has 0 aromatic heterocycles. The van der Waals surface area contributed by atoms with E-state index in [0.717, 1.165) is 48.5 Å². The predicted octanol–water partition coefficient (Wildman–Crippen LogP) is 7.27. The van der Waals surface area contributed by atoms with Crippen molar-refractivity contribution in [1.82, 2.24) is 4.90 Å². The molecular formula is C24H30Cl3N3. The molecule has 0 unspecified atom stereocenters. The van der Waals surface area contributed by atoms with Crippen molar-refractivity contribution >= 4 is 46.2 Å². The van der Waals surface area contributed by atoms with Gasteiger partial charge in [-0.2, -0.15) is 0 Å². The predicted molar refractivity (Wildman–Crippen MR) is 131 cm³/mol. The van der Waals surface area contributed by atoms with Crippen molar-refractivity contribution in [1.29, 1.82) is 0 Å². The third-order valence-corrected chi connectivity index (χ3v) is 7.41. The highest BCUT2D eigenvalue weighted by Gasteiger charge is 2.25. The minimum atomic E-state index is 0.0191. The maximum absolute atomic E-state index is 6.51. The third kappa shape index (κ3) is 5.19. The van der Waals surface area contributed by atoms with Gasteiger partial charge in [0.05, 0.1) is 16.8 Å². The molecule has 1 atom stereocenters. The van der Waals surface area contributed by atoms with E-state index in [-0.39, 0.29) is 6.04 Å². The summed E-state index contributed by atoms with van der Waals surface area (Å²) in [7, 11) is 0. The molecule has 0 amide bonds. The van der Waals surface area contributed by atoms with Crippen LogP contribution in [0, 0.1) is 0 Å². The van der Waals surface area contributed by atoms with Crippen molar-refractivity contribution < 1.29 is 0 Å². The van der Waals surface area contributed by atoms with E-state index >= 15 is 0 Å². The van der Waals surface area contributed by atoms with E-state index in [2.05, 4.69) is 34.2 Å². The van der Waals surface area contributed by atoms with Gasteiger partial charge in [-0.05, 0) is 55.7 Å². The largest absolute Gasteiger partial charge is 0.377 e. The molecule has 1 heterocycles. The molecule has 162 valence electrons. The number of hydrogen-bond donors (Lipinski definition) is 1. The van der Waals surface area contributed by atoms with Crippen LogP contribution in [0.15, 0.2) is 36.4 Å². The quantitative estimate of drug-likeness (QED) is 0.499. The molecule has 1 saturated heterocycles. The Morgan fingerprint density at radius 3 is 2.30 bits per heavy atom. The minimum absolute atomic E-state index is 0.0191. The highest BCUT2D eigenvalue weighted by molar-refractivity contribution is 6.35. The number of benzene rings is 2. The first-order valence-electron chi connectivity index (χ1n) is 11.0. The first-order valence-corrected chi connectivity index (χ1v) is 12.1. The molecule has 1 saturated carbocycles. The zero-order valence-electron chi connectivity index (χ0n) is 17.5. The fourth-order valence-corrected chi connectivity index (χ4v) is 5.52. The van der Waals surface area contributed by atoms with Gasteiger partial charge in [-0.15, -0.1) is 0 Å². The Morgan fingerprint density at radius 1 is 0.867 bits per heavy atom. The van der Waals surface area contributed by atoms with Crippen molar-refractivity contribution in [3.63, 3.8) is 0 Å². The van der Waals surface area contributed by atoms with Crippen LogP contribution in [0.1, 0.15) is 50.6 Å². The SMILES string of the molecule is C[C@@H](Nc1cc(N2CCN(C3CCCCC3)CC2)ccc1Cl)c1ccc(Cl)cc1Cl. The Kier molecular flexibility index (Phi) is 7.36. The summed E-state index contributed by atoms with van der Waals surface area (Å²) in [5.41, 5.74) is 3.16. The molecule has 30 heavy (non-hydrogen) atoms. The highest BCUT2D eigenvalue weighted by Crippen LogP contribution is 2.34. The van der Waals surface area contributed by atoms with Gasteiger partial charge in [-0.3, -0.25) is 4.90 Å². The van der Waals surface area contributed by atoms with Gasteiger partial charge in [0.15, 0.2) is 0 Å². The van der Waals surface area contributed by atoms with Crippen LogP contribution in [0.4, 0.5) is 11.4 Å². The van der Waals surface area contributed by atoms with Crippen LogP contribution in [0.25, 0.3) is 0 Å². The Hall–Kier alpha value is -1.13. The lowest BCUT2D eigenvalue weighted by Crippen LogP contribution is -2.50. The van der Waals surface area contributed by atoms with Gasteiger partial charge in [0.2, 0.25) is 0 Å². The molecule has 0 spiro atoms. The molecule has 2 aliphatic rings. The maximum Gasteiger partial charge on any atom is 0.0639 e. The van der Waals surface area contributed by atoms with Crippen LogP contribution in [0.2, 0.25) is 15.1 Å². The molecule has 1 aliphatic carbocycles. The van der Waals surface area contributed by atoms with E-state index in [1.165, 1.54) is 37.8 Å². The first-order chi connectivity index (χ1) is 14.5. The molecule has 0 radical (unpaired) electrons. The first kappa shape index (κ1) is 22.1. The molecule has 2 fully saturated rings. The van der Waals surface area contributed by atoms with Gasteiger partial charge in [0.1, 0.15) is 0 Å². The summed E-state index contributed by atoms with van der Waals surface area (Å²) in [5.74, 6) is 0. The number of hydrogen-bond acceptors (Lipinski definition) is 3. The smallest absolute Gasteiger partial charge is 0.0639 e. The number of nitrogens with one attached hydrogen (secondary N) is 1. The highest BCUT2D eigenvalue weighted by atomic mass is 35.5. The monoisotopic (exact) mass is 465 g/mol. The number of anilines is 2. The van der Waals surface area contributed by atoms with Crippen molar-refractivity contribution in [3.05, 3.63) is 57.0 Å². The lowest BCUT2D eigenvalue weighted by molar-refractivity contribution is 0.148. The molecule has 4 rings (SSSR count). The second-order valence-electron chi connectivity index (χ2n) is 8.51. The van der Waals surface area contributed by atoms with Crippen molar-refractivity contribution in [3.8, 4) is 0 Å². The standard InChI is InChI=1S/C24H30Cl3N3/c1-17(21-9-7-18(25)15-23(21)27)28-24-16-20(8-10-22(24)26)30-13-11-29(12-14-30)19-5-3-2-4-6-19/h7-10,15-17,19,28H,2-6,11-14H2,1H3/t17-/m1/s1. The summed E-state index contributed by atoms with van der Waals surface area (Å²) in [6.45, 7) is 6.51. The lowest BCUT2D eigenvalue weighted by Gasteiger charge is -2.41. The molecule has 2 aromatic rings. The van der Waals surface area contributed by atoms with E-state index in [1.54, 1.807) is 6.07 Å². The normalized spacial score (nSPS) is 19.7. The number of rotatable bonds is 5. The fraction of sp³-hybridized carbons (Fsp3) is 0.500. The van der Waals surface area contributed by atoms with E-state index in [1.807, 2.05) is 18.2 Å². The lowest BCUT2D eigenvalue weighted by atomic mass is 9.94. The summed E-state index contributed by atoms with van der Waals surface area (Å²) in [5, 5.41) is 5.55. The van der Waals surface area contributed by atoms with Crippen LogP contribution < -0.4 is 10.2 Å². The Bertz CT molecular complexity index is 859.